The summed E-state index contributed by atoms with van der Waals surface area (Å²) in [6.07, 6.45) is 0.886. The van der Waals surface area contributed by atoms with E-state index < -0.39 is 0 Å². The molecule has 5 nitrogen and oxygen atoms in total. The summed E-state index contributed by atoms with van der Waals surface area (Å²) in [5, 5.41) is 7.55. The Morgan fingerprint density at radius 1 is 1.03 bits per heavy atom. The lowest BCUT2D eigenvalue weighted by Gasteiger charge is -2.21. The van der Waals surface area contributed by atoms with Crippen molar-refractivity contribution in [2.24, 2.45) is 0 Å². The summed E-state index contributed by atoms with van der Waals surface area (Å²) in [6, 6.07) is 11.4. The number of hydrogen-bond donors (Lipinski definition) is 2. The average molecular weight is 453 g/mol. The fourth-order valence-corrected chi connectivity index (χ4v) is 3.14. The van der Waals surface area contributed by atoms with Crippen LogP contribution in [0.25, 0.3) is 0 Å². The van der Waals surface area contributed by atoms with Gasteiger partial charge in [0.2, 0.25) is 0 Å². The van der Waals surface area contributed by atoms with E-state index in [1.54, 1.807) is 6.07 Å². The smallest absolute Gasteiger partial charge is 0.258 e. The van der Waals surface area contributed by atoms with Crippen LogP contribution >= 0.6 is 23.2 Å². The molecule has 0 saturated carbocycles. The van der Waals surface area contributed by atoms with Crippen molar-refractivity contribution in [1.29, 1.82) is 0 Å². The zero-order chi connectivity index (χ0) is 22.1. The molecule has 2 rings (SSSR count). The van der Waals surface area contributed by atoms with Crippen molar-refractivity contribution in [3.8, 4) is 11.5 Å². The Morgan fingerprint density at radius 2 is 1.70 bits per heavy atom. The normalized spacial score (nSPS) is 11.3. The van der Waals surface area contributed by atoms with E-state index in [0.717, 1.165) is 23.6 Å². The molecule has 0 bridgehead atoms. The molecule has 0 fully saturated rings. The predicted molar refractivity (Wildman–Crippen MR) is 123 cm³/mol. The van der Waals surface area contributed by atoms with Gasteiger partial charge in [-0.3, -0.25) is 4.79 Å². The van der Waals surface area contributed by atoms with Gasteiger partial charge in [0.1, 0.15) is 0 Å². The number of nitrogens with one attached hydrogen (secondary N) is 2. The fourth-order valence-electron chi connectivity index (χ4n) is 2.80. The second-order valence-electron chi connectivity index (χ2n) is 7.96. The van der Waals surface area contributed by atoms with Crippen molar-refractivity contribution >= 4 is 29.1 Å². The second-order valence-corrected chi connectivity index (χ2v) is 8.81. The van der Waals surface area contributed by atoms with Crippen molar-refractivity contribution in [3.05, 3.63) is 57.6 Å². The Hall–Kier alpha value is -1.95. The van der Waals surface area contributed by atoms with Crippen LogP contribution < -0.4 is 20.1 Å². The quantitative estimate of drug-likeness (QED) is 0.496. The molecule has 7 heteroatoms. The van der Waals surface area contributed by atoms with Gasteiger partial charge in [0.25, 0.3) is 5.91 Å². The van der Waals surface area contributed by atoms with Gasteiger partial charge in [-0.05, 0) is 70.0 Å². The third-order valence-corrected chi connectivity index (χ3v) is 4.71. The van der Waals surface area contributed by atoms with Gasteiger partial charge in [0, 0.05) is 28.2 Å². The van der Waals surface area contributed by atoms with Gasteiger partial charge < -0.3 is 20.1 Å². The lowest BCUT2D eigenvalue weighted by atomic mass is 10.1. The van der Waals surface area contributed by atoms with Gasteiger partial charge >= 0.3 is 0 Å². The molecule has 0 aromatic heterocycles. The van der Waals surface area contributed by atoms with Gasteiger partial charge in [0.15, 0.2) is 18.1 Å². The molecule has 0 unspecified atom stereocenters. The van der Waals surface area contributed by atoms with Crippen LogP contribution in [-0.4, -0.2) is 31.2 Å². The Bertz CT molecular complexity index is 834. The number of halogens is 2. The summed E-state index contributed by atoms with van der Waals surface area (Å²) in [4.78, 5) is 12.0. The lowest BCUT2D eigenvalue weighted by molar-refractivity contribution is -0.124. The van der Waals surface area contributed by atoms with Crippen LogP contribution in [-0.2, 0) is 17.8 Å². The maximum Gasteiger partial charge on any atom is 0.258 e. The molecule has 0 heterocycles. The highest BCUT2D eigenvalue weighted by molar-refractivity contribution is 6.31. The molecule has 1 amide bonds. The summed E-state index contributed by atoms with van der Waals surface area (Å²) in [7, 11) is 0. The van der Waals surface area contributed by atoms with E-state index in [0.29, 0.717) is 29.7 Å². The molecule has 0 saturated heterocycles. The number of rotatable bonds is 10. The zero-order valence-electron chi connectivity index (χ0n) is 18.0. The van der Waals surface area contributed by atoms with Crippen molar-refractivity contribution in [2.45, 2.75) is 46.2 Å². The highest BCUT2D eigenvalue weighted by atomic mass is 35.5. The van der Waals surface area contributed by atoms with Crippen molar-refractivity contribution < 1.29 is 14.3 Å². The van der Waals surface area contributed by atoms with Gasteiger partial charge in [-0.15, -0.1) is 0 Å². The second kappa shape index (κ2) is 11.4. The topological polar surface area (TPSA) is 59.6 Å². The van der Waals surface area contributed by atoms with Crippen LogP contribution in [0.1, 0.15) is 38.8 Å². The van der Waals surface area contributed by atoms with Crippen LogP contribution in [0.2, 0.25) is 10.0 Å². The third-order valence-electron chi connectivity index (χ3n) is 4.10. The largest absolute Gasteiger partial charge is 0.490 e. The minimum absolute atomic E-state index is 0.105. The molecule has 0 radical (unpaired) electrons. The Balaban J connectivity index is 1.95. The number of benzene rings is 2. The Labute approximate surface area is 189 Å². The van der Waals surface area contributed by atoms with E-state index in [-0.39, 0.29) is 18.1 Å². The molecule has 2 aromatic rings. The number of carbonyl (C=O) groups is 1. The van der Waals surface area contributed by atoms with Crippen molar-refractivity contribution in [2.75, 3.05) is 19.8 Å². The summed E-state index contributed by atoms with van der Waals surface area (Å²) in [6.45, 7) is 9.42. The first-order valence-electron chi connectivity index (χ1n) is 10.0. The van der Waals surface area contributed by atoms with E-state index in [1.807, 2.05) is 58.0 Å². The molecule has 0 aliphatic carbocycles. The first kappa shape index (κ1) is 24.3. The fraction of sp³-hybridized carbons (Fsp3) is 0.435. The number of ether oxygens (including phenoxy) is 2. The minimum atomic E-state index is -0.317. The number of hydrogen-bond acceptors (Lipinski definition) is 4. The predicted octanol–water partition coefficient (Wildman–Crippen LogP) is 5.02. The van der Waals surface area contributed by atoms with Gasteiger partial charge in [-0.25, -0.2) is 0 Å². The SMILES string of the molecule is CCOc1cc(CNCCc2ccc(Cl)cc2)c(Cl)cc1OCC(=O)NC(C)(C)C. The van der Waals surface area contributed by atoms with E-state index in [2.05, 4.69) is 10.6 Å². The molecule has 30 heavy (non-hydrogen) atoms. The van der Waals surface area contributed by atoms with Gasteiger partial charge in [-0.2, -0.15) is 0 Å². The molecule has 0 aliphatic heterocycles. The molecular formula is C23H30Cl2N2O3. The van der Waals surface area contributed by atoms with Crippen LogP contribution in [0.5, 0.6) is 11.5 Å². The lowest BCUT2D eigenvalue weighted by Crippen LogP contribution is -2.43. The zero-order valence-corrected chi connectivity index (χ0v) is 19.5. The van der Waals surface area contributed by atoms with E-state index >= 15 is 0 Å². The monoisotopic (exact) mass is 452 g/mol. The van der Waals surface area contributed by atoms with Crippen LogP contribution in [0.15, 0.2) is 36.4 Å². The van der Waals surface area contributed by atoms with Gasteiger partial charge in [-0.1, -0.05) is 35.3 Å². The molecule has 164 valence electrons. The van der Waals surface area contributed by atoms with Crippen molar-refractivity contribution in [1.82, 2.24) is 10.6 Å². The van der Waals surface area contributed by atoms with Crippen LogP contribution in [0.4, 0.5) is 0 Å². The maximum absolute atomic E-state index is 12.0. The molecule has 0 spiro atoms. The molecule has 0 aliphatic rings. The highest BCUT2D eigenvalue weighted by Gasteiger charge is 2.16. The van der Waals surface area contributed by atoms with E-state index in [4.69, 9.17) is 32.7 Å². The highest BCUT2D eigenvalue weighted by Crippen LogP contribution is 2.33. The van der Waals surface area contributed by atoms with Crippen LogP contribution in [0.3, 0.4) is 0 Å². The third kappa shape index (κ3) is 8.42. The Kier molecular flexibility index (Phi) is 9.28. The maximum atomic E-state index is 12.0. The van der Waals surface area contributed by atoms with E-state index in [9.17, 15) is 4.79 Å². The minimum Gasteiger partial charge on any atom is -0.490 e. The molecule has 0 atom stereocenters. The molecule has 2 aromatic carbocycles. The summed E-state index contributed by atoms with van der Waals surface area (Å²) in [5.74, 6) is 0.824. The molecular weight excluding hydrogens is 423 g/mol. The number of amides is 1. The van der Waals surface area contributed by atoms with Crippen LogP contribution in [0, 0.1) is 0 Å². The number of carbonyl (C=O) groups excluding carboxylic acids is 1. The standard InChI is InChI=1S/C23H30Cl2N2O3/c1-5-29-20-12-17(14-26-11-10-16-6-8-18(24)9-7-16)19(25)13-21(20)30-15-22(28)27-23(2,3)4/h6-9,12-13,26H,5,10-11,14-15H2,1-4H3,(H,27,28). The van der Waals surface area contributed by atoms with Crippen molar-refractivity contribution in [3.63, 3.8) is 0 Å². The van der Waals surface area contributed by atoms with E-state index in [1.165, 1.54) is 5.56 Å². The summed E-state index contributed by atoms with van der Waals surface area (Å²) in [5.41, 5.74) is 1.80. The Morgan fingerprint density at radius 3 is 2.33 bits per heavy atom. The summed E-state index contributed by atoms with van der Waals surface area (Å²) < 4.78 is 11.4. The molecule has 2 N–H and O–H groups in total. The first-order valence-corrected chi connectivity index (χ1v) is 10.8. The average Bonchev–Trinajstić information content (AvgIpc) is 2.66. The van der Waals surface area contributed by atoms with Gasteiger partial charge in [0.05, 0.1) is 6.61 Å². The first-order chi connectivity index (χ1) is 14.2. The summed E-state index contributed by atoms with van der Waals surface area (Å²) >= 11 is 12.4.